The number of hydrogen-bond acceptors (Lipinski definition) is 4. The molecule has 6 nitrogen and oxygen atoms in total. The first kappa shape index (κ1) is 22.9. The number of carbonyl (C=O) groups excluding carboxylic acids is 2. The van der Waals surface area contributed by atoms with E-state index in [-0.39, 0.29) is 30.6 Å². The molecule has 1 N–H and O–H groups in total. The summed E-state index contributed by atoms with van der Waals surface area (Å²) in [5.41, 5.74) is 4.42. The van der Waals surface area contributed by atoms with E-state index in [9.17, 15) is 14.0 Å². The Morgan fingerprint density at radius 1 is 1.00 bits per heavy atom. The molecule has 1 heterocycles. The Balaban J connectivity index is 1.61. The zero-order chi connectivity index (χ0) is 24.1. The Kier molecular flexibility index (Phi) is 6.82. The molecule has 0 atom stereocenters. The number of benzene rings is 3. The molecule has 0 aliphatic heterocycles. The molecule has 0 bridgehead atoms. The average Bonchev–Trinajstić information content (AvgIpc) is 3.29. The summed E-state index contributed by atoms with van der Waals surface area (Å²) in [6.45, 7) is 4.07. The van der Waals surface area contributed by atoms with Gasteiger partial charge in [0.1, 0.15) is 5.82 Å². The van der Waals surface area contributed by atoms with Gasteiger partial charge in [-0.2, -0.15) is 5.10 Å². The Morgan fingerprint density at radius 2 is 1.71 bits per heavy atom. The van der Waals surface area contributed by atoms with Crippen molar-refractivity contribution in [3.63, 3.8) is 0 Å². The van der Waals surface area contributed by atoms with Crippen molar-refractivity contribution < 1.29 is 18.7 Å². The van der Waals surface area contributed by atoms with Crippen LogP contribution in [0.3, 0.4) is 0 Å². The number of hydrogen-bond donors (Lipinski definition) is 1. The second-order valence-corrected chi connectivity index (χ2v) is 7.68. The van der Waals surface area contributed by atoms with Gasteiger partial charge in [-0.25, -0.2) is 13.9 Å². The maximum absolute atomic E-state index is 13.8. The molecule has 34 heavy (non-hydrogen) atoms. The number of esters is 1. The normalized spacial score (nSPS) is 10.7. The van der Waals surface area contributed by atoms with Crippen LogP contribution < -0.4 is 5.32 Å². The minimum atomic E-state index is -0.500. The van der Waals surface area contributed by atoms with Crippen LogP contribution in [0.25, 0.3) is 16.9 Å². The highest BCUT2D eigenvalue weighted by Gasteiger charge is 2.19. The van der Waals surface area contributed by atoms with Crippen molar-refractivity contribution in [1.29, 1.82) is 0 Å². The quantitative estimate of drug-likeness (QED) is 0.392. The Bertz CT molecular complexity index is 1330. The molecule has 4 aromatic rings. The first-order chi connectivity index (χ1) is 16.5. The summed E-state index contributed by atoms with van der Waals surface area (Å²) in [5, 5.41) is 7.21. The lowest BCUT2D eigenvalue weighted by molar-refractivity contribution is 0.0518. The van der Waals surface area contributed by atoms with Crippen molar-refractivity contribution in [3.05, 3.63) is 107 Å². The van der Waals surface area contributed by atoms with Crippen LogP contribution in [0.4, 0.5) is 4.39 Å². The van der Waals surface area contributed by atoms with Gasteiger partial charge in [-0.3, -0.25) is 4.79 Å². The van der Waals surface area contributed by atoms with Crippen LogP contribution in [0.2, 0.25) is 0 Å². The van der Waals surface area contributed by atoms with Crippen LogP contribution in [-0.4, -0.2) is 28.3 Å². The van der Waals surface area contributed by atoms with Gasteiger partial charge in [-0.1, -0.05) is 42.5 Å². The van der Waals surface area contributed by atoms with Gasteiger partial charge in [0.05, 0.1) is 18.0 Å². The molecule has 1 aromatic heterocycles. The number of nitrogens with zero attached hydrogens (tertiary/aromatic N) is 2. The first-order valence-electron chi connectivity index (χ1n) is 10.9. The lowest BCUT2D eigenvalue weighted by Gasteiger charge is -2.11. The fourth-order valence-corrected chi connectivity index (χ4v) is 3.61. The van der Waals surface area contributed by atoms with Crippen molar-refractivity contribution in [2.45, 2.75) is 20.4 Å². The second-order valence-electron chi connectivity index (χ2n) is 7.68. The van der Waals surface area contributed by atoms with Gasteiger partial charge in [-0.15, -0.1) is 0 Å². The van der Waals surface area contributed by atoms with E-state index in [1.165, 1.54) is 6.07 Å². The monoisotopic (exact) mass is 457 g/mol. The molecule has 0 saturated carbocycles. The van der Waals surface area contributed by atoms with Crippen LogP contribution in [0.5, 0.6) is 0 Å². The standard InChI is InChI=1S/C27H24FN3O3/c1-3-34-27(33)24-16-25(22-10-6-4-8-18(22)2)31(30-24)21-14-12-19(13-15-21)26(32)29-17-20-9-5-7-11-23(20)28/h4-16H,3,17H2,1-2H3,(H,29,32). The molecule has 172 valence electrons. The van der Waals surface area contributed by atoms with E-state index in [0.717, 1.165) is 16.8 Å². The summed E-state index contributed by atoms with van der Waals surface area (Å²) in [7, 11) is 0. The number of ether oxygens (including phenoxy) is 1. The molecule has 0 fully saturated rings. The Labute approximate surface area is 197 Å². The Hall–Kier alpha value is -4.26. The molecular weight excluding hydrogens is 433 g/mol. The maximum atomic E-state index is 13.8. The molecule has 3 aromatic carbocycles. The highest BCUT2D eigenvalue weighted by atomic mass is 19.1. The van der Waals surface area contributed by atoms with Gasteiger partial charge >= 0.3 is 5.97 Å². The lowest BCUT2D eigenvalue weighted by Crippen LogP contribution is -2.23. The molecule has 0 spiro atoms. The summed E-state index contributed by atoms with van der Waals surface area (Å²) in [4.78, 5) is 24.9. The van der Waals surface area contributed by atoms with Crippen molar-refractivity contribution in [2.75, 3.05) is 6.61 Å². The Morgan fingerprint density at radius 3 is 2.41 bits per heavy atom. The van der Waals surface area contributed by atoms with E-state index in [1.807, 2.05) is 31.2 Å². The van der Waals surface area contributed by atoms with Crippen LogP contribution in [-0.2, 0) is 11.3 Å². The highest BCUT2D eigenvalue weighted by molar-refractivity contribution is 5.94. The first-order valence-corrected chi connectivity index (χ1v) is 10.9. The second kappa shape index (κ2) is 10.1. The smallest absolute Gasteiger partial charge is 0.358 e. The minimum absolute atomic E-state index is 0.0900. The number of rotatable bonds is 7. The number of aromatic nitrogens is 2. The van der Waals surface area contributed by atoms with Crippen molar-refractivity contribution in [2.24, 2.45) is 0 Å². The van der Waals surface area contributed by atoms with Gasteiger partial charge in [-0.05, 0) is 55.8 Å². The third kappa shape index (κ3) is 4.88. The topological polar surface area (TPSA) is 73.2 Å². The predicted molar refractivity (Wildman–Crippen MR) is 127 cm³/mol. The molecule has 0 saturated heterocycles. The number of halogens is 1. The number of aryl methyl sites for hydroxylation is 1. The highest BCUT2D eigenvalue weighted by Crippen LogP contribution is 2.27. The molecule has 0 radical (unpaired) electrons. The van der Waals surface area contributed by atoms with E-state index >= 15 is 0 Å². The predicted octanol–water partition coefficient (Wildman–Crippen LogP) is 5.09. The molecule has 0 aliphatic rings. The summed E-state index contributed by atoms with van der Waals surface area (Å²) in [5.74, 6) is -1.18. The number of carbonyl (C=O) groups is 2. The lowest BCUT2D eigenvalue weighted by atomic mass is 10.1. The number of nitrogens with one attached hydrogen (secondary N) is 1. The zero-order valence-electron chi connectivity index (χ0n) is 18.9. The van der Waals surface area contributed by atoms with Gasteiger partial charge in [0.25, 0.3) is 5.91 Å². The molecule has 0 unspecified atom stereocenters. The molecule has 1 amide bonds. The van der Waals surface area contributed by atoms with Crippen molar-refractivity contribution >= 4 is 11.9 Å². The SMILES string of the molecule is CCOC(=O)c1cc(-c2ccccc2C)n(-c2ccc(C(=O)NCc3ccccc3F)cc2)n1. The van der Waals surface area contributed by atoms with Crippen molar-refractivity contribution in [3.8, 4) is 16.9 Å². The van der Waals surface area contributed by atoms with Crippen LogP contribution in [0.15, 0.2) is 78.9 Å². The maximum Gasteiger partial charge on any atom is 0.358 e. The summed E-state index contributed by atoms with van der Waals surface area (Å²) < 4.78 is 20.6. The van der Waals surface area contributed by atoms with E-state index in [2.05, 4.69) is 10.4 Å². The summed E-state index contributed by atoms with van der Waals surface area (Å²) in [6, 6.07) is 22.7. The van der Waals surface area contributed by atoms with Crippen LogP contribution in [0.1, 0.15) is 38.9 Å². The summed E-state index contributed by atoms with van der Waals surface area (Å²) >= 11 is 0. The van der Waals surface area contributed by atoms with Gasteiger partial charge in [0, 0.05) is 23.2 Å². The third-order valence-electron chi connectivity index (χ3n) is 5.39. The largest absolute Gasteiger partial charge is 0.461 e. The molecule has 0 aliphatic carbocycles. The molecular formula is C27H24FN3O3. The molecule has 4 rings (SSSR count). The van der Waals surface area contributed by atoms with Gasteiger partial charge in [0.15, 0.2) is 5.69 Å². The zero-order valence-corrected chi connectivity index (χ0v) is 18.9. The van der Waals surface area contributed by atoms with Crippen LogP contribution in [0, 0.1) is 12.7 Å². The summed E-state index contributed by atoms with van der Waals surface area (Å²) in [6.07, 6.45) is 0. The van der Waals surface area contributed by atoms with Crippen molar-refractivity contribution in [1.82, 2.24) is 15.1 Å². The van der Waals surface area contributed by atoms with E-state index in [0.29, 0.717) is 16.8 Å². The van der Waals surface area contributed by atoms with Gasteiger partial charge < -0.3 is 10.1 Å². The molecule has 7 heteroatoms. The fraction of sp³-hybridized carbons (Fsp3) is 0.148. The van der Waals surface area contributed by atoms with E-state index in [4.69, 9.17) is 4.74 Å². The van der Waals surface area contributed by atoms with Gasteiger partial charge in [0.2, 0.25) is 0 Å². The minimum Gasteiger partial charge on any atom is -0.461 e. The third-order valence-corrected chi connectivity index (χ3v) is 5.39. The van der Waals surface area contributed by atoms with Crippen LogP contribution >= 0.6 is 0 Å². The number of amides is 1. The average molecular weight is 458 g/mol. The van der Waals surface area contributed by atoms with E-state index < -0.39 is 5.97 Å². The fourth-order valence-electron chi connectivity index (χ4n) is 3.61. The van der Waals surface area contributed by atoms with E-state index in [1.54, 1.807) is 60.1 Å².